The lowest BCUT2D eigenvalue weighted by molar-refractivity contribution is -0.125. The van der Waals surface area contributed by atoms with Crippen LogP contribution in [-0.4, -0.2) is 35.0 Å². The fourth-order valence-corrected chi connectivity index (χ4v) is 4.51. The van der Waals surface area contributed by atoms with Crippen LogP contribution in [0.5, 0.6) is 0 Å². The quantitative estimate of drug-likeness (QED) is 0.493. The third-order valence-corrected chi connectivity index (χ3v) is 6.20. The Hall–Kier alpha value is -2.07. The first kappa shape index (κ1) is 21.6. The van der Waals surface area contributed by atoms with Crippen LogP contribution in [-0.2, 0) is 20.9 Å². The minimum Gasteiger partial charge on any atom is -0.351 e. The van der Waals surface area contributed by atoms with Crippen LogP contribution in [0.4, 0.5) is 5.69 Å². The van der Waals surface area contributed by atoms with Gasteiger partial charge in [-0.15, -0.1) is 23.1 Å². The lowest BCUT2D eigenvalue weighted by Gasteiger charge is -2.30. The molecule has 3 amide bonds. The molecule has 2 atom stereocenters. The number of thiophene rings is 1. The van der Waals surface area contributed by atoms with Crippen molar-refractivity contribution in [2.24, 2.45) is 0 Å². The van der Waals surface area contributed by atoms with E-state index in [1.54, 1.807) is 35.6 Å². The van der Waals surface area contributed by atoms with Gasteiger partial charge in [-0.25, -0.2) is 0 Å². The number of halogens is 1. The van der Waals surface area contributed by atoms with E-state index in [1.165, 1.54) is 11.8 Å². The molecular formula is C19H21ClN4O3S2. The topological polar surface area (TPSA) is 99.3 Å². The highest BCUT2D eigenvalue weighted by Gasteiger charge is 2.28. The molecule has 2 unspecified atom stereocenters. The van der Waals surface area contributed by atoms with Gasteiger partial charge in [-0.05, 0) is 29.6 Å². The van der Waals surface area contributed by atoms with Gasteiger partial charge in [0.1, 0.15) is 5.50 Å². The minimum absolute atomic E-state index is 0.118. The molecule has 1 aromatic carbocycles. The second kappa shape index (κ2) is 10.6. The smallest absolute Gasteiger partial charge is 0.234 e. The van der Waals surface area contributed by atoms with Crippen LogP contribution in [0.2, 0.25) is 5.02 Å². The number of carbonyl (C=O) groups excluding carboxylic acids is 3. The normalized spacial score (nSPS) is 18.7. The van der Waals surface area contributed by atoms with Crippen LogP contribution in [0.25, 0.3) is 0 Å². The number of rotatable bonds is 8. The third kappa shape index (κ3) is 7.36. The second-order valence-electron chi connectivity index (χ2n) is 6.45. The molecule has 0 radical (unpaired) electrons. The van der Waals surface area contributed by atoms with Gasteiger partial charge in [0.2, 0.25) is 17.7 Å². The molecule has 29 heavy (non-hydrogen) atoms. The van der Waals surface area contributed by atoms with Crippen molar-refractivity contribution in [1.82, 2.24) is 16.0 Å². The SMILES string of the molecule is O=C(CC1CC(=O)NC(SCC(=O)Nc2cccc(Cl)c2)N1)NCc1cccs1. The zero-order valence-corrected chi connectivity index (χ0v) is 17.8. The molecule has 1 fully saturated rings. The molecule has 154 valence electrons. The van der Waals surface area contributed by atoms with E-state index in [1.807, 2.05) is 17.5 Å². The summed E-state index contributed by atoms with van der Waals surface area (Å²) in [7, 11) is 0. The zero-order valence-electron chi connectivity index (χ0n) is 15.4. The first-order chi connectivity index (χ1) is 14.0. The van der Waals surface area contributed by atoms with Gasteiger partial charge in [0.25, 0.3) is 0 Å². The number of hydrogen-bond acceptors (Lipinski definition) is 6. The van der Waals surface area contributed by atoms with Crippen LogP contribution in [0.3, 0.4) is 0 Å². The summed E-state index contributed by atoms with van der Waals surface area (Å²) >= 11 is 8.74. The van der Waals surface area contributed by atoms with Crippen molar-refractivity contribution in [3.8, 4) is 0 Å². The Bertz CT molecular complexity index is 863. The fourth-order valence-electron chi connectivity index (χ4n) is 2.78. The Labute approximate surface area is 182 Å². The van der Waals surface area contributed by atoms with Crippen molar-refractivity contribution >= 4 is 58.1 Å². The lowest BCUT2D eigenvalue weighted by atomic mass is 10.1. The molecule has 0 saturated carbocycles. The largest absolute Gasteiger partial charge is 0.351 e. The molecule has 0 aliphatic carbocycles. The maximum absolute atomic E-state index is 12.2. The van der Waals surface area contributed by atoms with Crippen molar-refractivity contribution in [2.45, 2.75) is 30.9 Å². The maximum atomic E-state index is 12.2. The van der Waals surface area contributed by atoms with Crippen LogP contribution in [0.1, 0.15) is 17.7 Å². The molecule has 2 heterocycles. The molecule has 1 aliphatic heterocycles. The van der Waals surface area contributed by atoms with Crippen LogP contribution < -0.4 is 21.3 Å². The van der Waals surface area contributed by atoms with Crippen LogP contribution in [0.15, 0.2) is 41.8 Å². The summed E-state index contributed by atoms with van der Waals surface area (Å²) in [6, 6.07) is 10.5. The van der Waals surface area contributed by atoms with E-state index in [0.717, 1.165) is 4.88 Å². The Morgan fingerprint density at radius 1 is 1.24 bits per heavy atom. The van der Waals surface area contributed by atoms with Gasteiger partial charge in [-0.3, -0.25) is 19.7 Å². The molecule has 0 bridgehead atoms. The zero-order chi connectivity index (χ0) is 20.6. The number of thioether (sulfide) groups is 1. The first-order valence-corrected chi connectivity index (χ1v) is 11.3. The molecule has 4 N–H and O–H groups in total. The summed E-state index contributed by atoms with van der Waals surface area (Å²) in [6.07, 6.45) is 0.419. The number of hydrogen-bond donors (Lipinski definition) is 4. The summed E-state index contributed by atoms with van der Waals surface area (Å²) in [6.45, 7) is 0.483. The van der Waals surface area contributed by atoms with E-state index >= 15 is 0 Å². The molecule has 1 aliphatic rings. The molecule has 7 nitrogen and oxygen atoms in total. The molecule has 10 heteroatoms. The summed E-state index contributed by atoms with van der Waals surface area (Å²) in [5.74, 6) is -0.327. The predicted molar refractivity (Wildman–Crippen MR) is 117 cm³/mol. The van der Waals surface area contributed by atoms with Crippen molar-refractivity contribution in [1.29, 1.82) is 0 Å². The fraction of sp³-hybridized carbons (Fsp3) is 0.316. The van der Waals surface area contributed by atoms with Crippen molar-refractivity contribution < 1.29 is 14.4 Å². The molecule has 2 aromatic rings. The molecule has 1 aromatic heterocycles. The standard InChI is InChI=1S/C19H21ClN4O3S2/c20-12-3-1-4-13(7-12)22-18(27)11-29-19-23-14(9-17(26)24-19)8-16(25)21-10-15-5-2-6-28-15/h1-7,14,19,23H,8-11H2,(H,21,25)(H,22,27)(H,24,26). The number of benzene rings is 1. The highest BCUT2D eigenvalue weighted by atomic mass is 35.5. The van der Waals surface area contributed by atoms with Gasteiger partial charge in [0.05, 0.1) is 12.3 Å². The van der Waals surface area contributed by atoms with E-state index in [4.69, 9.17) is 11.6 Å². The van der Waals surface area contributed by atoms with E-state index in [-0.39, 0.29) is 42.4 Å². The van der Waals surface area contributed by atoms with Crippen molar-refractivity contribution in [3.05, 3.63) is 51.7 Å². The number of nitrogens with one attached hydrogen (secondary N) is 4. The molecule has 1 saturated heterocycles. The third-order valence-electron chi connectivity index (χ3n) is 4.07. The van der Waals surface area contributed by atoms with Gasteiger partial charge in [-0.1, -0.05) is 23.7 Å². The van der Waals surface area contributed by atoms with Gasteiger partial charge < -0.3 is 16.0 Å². The Morgan fingerprint density at radius 2 is 2.10 bits per heavy atom. The number of amides is 3. The number of anilines is 1. The van der Waals surface area contributed by atoms with Crippen molar-refractivity contribution in [3.63, 3.8) is 0 Å². The van der Waals surface area contributed by atoms with E-state index in [9.17, 15) is 14.4 Å². The van der Waals surface area contributed by atoms with Gasteiger partial charge in [0, 0.05) is 34.5 Å². The molecule has 3 rings (SSSR count). The maximum Gasteiger partial charge on any atom is 0.234 e. The van der Waals surface area contributed by atoms with Gasteiger partial charge >= 0.3 is 0 Å². The monoisotopic (exact) mass is 452 g/mol. The minimum atomic E-state index is -0.434. The van der Waals surface area contributed by atoms with Crippen LogP contribution >= 0.6 is 34.7 Å². The van der Waals surface area contributed by atoms with E-state index in [0.29, 0.717) is 17.3 Å². The summed E-state index contributed by atoms with van der Waals surface area (Å²) in [5.41, 5.74) is 0.181. The molecular weight excluding hydrogens is 432 g/mol. The summed E-state index contributed by atoms with van der Waals surface area (Å²) in [5, 5.41) is 14.1. The average molecular weight is 453 g/mol. The second-order valence-corrected chi connectivity index (χ2v) is 9.01. The Kier molecular flexibility index (Phi) is 7.93. The predicted octanol–water partition coefficient (Wildman–Crippen LogP) is 2.54. The lowest BCUT2D eigenvalue weighted by Crippen LogP contribution is -2.56. The van der Waals surface area contributed by atoms with Gasteiger partial charge in [-0.2, -0.15) is 0 Å². The van der Waals surface area contributed by atoms with E-state index < -0.39 is 5.50 Å². The summed E-state index contributed by atoms with van der Waals surface area (Å²) in [4.78, 5) is 37.3. The van der Waals surface area contributed by atoms with Crippen LogP contribution in [0, 0.1) is 0 Å². The molecule has 0 spiro atoms. The van der Waals surface area contributed by atoms with E-state index in [2.05, 4.69) is 21.3 Å². The Balaban J connectivity index is 1.42. The highest BCUT2D eigenvalue weighted by molar-refractivity contribution is 8.00. The van der Waals surface area contributed by atoms with Gasteiger partial charge in [0.15, 0.2) is 0 Å². The summed E-state index contributed by atoms with van der Waals surface area (Å²) < 4.78 is 0. The number of carbonyl (C=O) groups is 3. The average Bonchev–Trinajstić information content (AvgIpc) is 3.18. The Morgan fingerprint density at radius 3 is 2.86 bits per heavy atom. The highest BCUT2D eigenvalue weighted by Crippen LogP contribution is 2.17. The first-order valence-electron chi connectivity index (χ1n) is 8.99. The van der Waals surface area contributed by atoms with Crippen molar-refractivity contribution in [2.75, 3.05) is 11.1 Å².